The van der Waals surface area contributed by atoms with Crippen LogP contribution in [0.2, 0.25) is 0 Å². The van der Waals surface area contributed by atoms with Crippen molar-refractivity contribution in [1.29, 1.82) is 0 Å². The van der Waals surface area contributed by atoms with E-state index in [1.807, 2.05) is 19.1 Å². The van der Waals surface area contributed by atoms with Crippen molar-refractivity contribution in [2.75, 3.05) is 19.6 Å². The molecule has 0 aromatic heterocycles. The van der Waals surface area contributed by atoms with Gasteiger partial charge in [-0.25, -0.2) is 13.1 Å². The molecule has 1 aromatic carbocycles. The lowest BCUT2D eigenvalue weighted by atomic mass is 9.83. The fourth-order valence-electron chi connectivity index (χ4n) is 2.34. The quantitative estimate of drug-likeness (QED) is 0.883. The van der Waals surface area contributed by atoms with Crippen molar-refractivity contribution in [2.45, 2.75) is 31.6 Å². The summed E-state index contributed by atoms with van der Waals surface area (Å²) in [5, 5.41) is 3.32. The molecule has 4 nitrogen and oxygen atoms in total. The summed E-state index contributed by atoms with van der Waals surface area (Å²) >= 11 is 0. The van der Waals surface area contributed by atoms with E-state index in [0.717, 1.165) is 31.5 Å². The predicted molar refractivity (Wildman–Crippen MR) is 76.6 cm³/mol. The minimum atomic E-state index is -3.39. The number of sulfonamides is 1. The first kappa shape index (κ1) is 14.5. The predicted octanol–water partition coefficient (Wildman–Crippen LogP) is 1.66. The summed E-state index contributed by atoms with van der Waals surface area (Å²) < 4.78 is 27.1. The van der Waals surface area contributed by atoms with E-state index < -0.39 is 10.0 Å². The van der Waals surface area contributed by atoms with E-state index in [1.54, 1.807) is 12.1 Å². The first-order valence-electron chi connectivity index (χ1n) is 6.68. The van der Waals surface area contributed by atoms with E-state index in [0.29, 0.717) is 11.4 Å². The third-order valence-corrected chi connectivity index (χ3v) is 5.12. The first-order valence-corrected chi connectivity index (χ1v) is 8.17. The Kier molecular flexibility index (Phi) is 4.28. The zero-order chi connectivity index (χ0) is 13.9. The molecule has 2 rings (SSSR count). The number of rotatable bonds is 4. The monoisotopic (exact) mass is 282 g/mol. The molecule has 1 aliphatic rings. The molecule has 0 amide bonds. The number of aryl methyl sites for hydroxylation is 1. The molecule has 1 saturated heterocycles. The lowest BCUT2D eigenvalue weighted by Crippen LogP contribution is -2.45. The number of hydrogen-bond acceptors (Lipinski definition) is 3. The van der Waals surface area contributed by atoms with Gasteiger partial charge in [0.15, 0.2) is 0 Å². The Morgan fingerprint density at radius 3 is 2.58 bits per heavy atom. The van der Waals surface area contributed by atoms with Crippen LogP contribution in [0.3, 0.4) is 0 Å². The van der Waals surface area contributed by atoms with Crippen LogP contribution in [0.4, 0.5) is 0 Å². The zero-order valence-electron chi connectivity index (χ0n) is 11.6. The van der Waals surface area contributed by atoms with Gasteiger partial charge in [-0.15, -0.1) is 0 Å². The van der Waals surface area contributed by atoms with Gasteiger partial charge in [-0.3, -0.25) is 0 Å². The van der Waals surface area contributed by atoms with Gasteiger partial charge in [0, 0.05) is 13.1 Å². The smallest absolute Gasteiger partial charge is 0.240 e. The van der Waals surface area contributed by atoms with E-state index in [9.17, 15) is 8.42 Å². The van der Waals surface area contributed by atoms with Crippen LogP contribution in [0.5, 0.6) is 0 Å². The molecule has 0 spiro atoms. The maximum atomic E-state index is 12.2. The molecule has 0 saturated carbocycles. The highest BCUT2D eigenvalue weighted by Gasteiger charge is 2.28. The molecule has 1 heterocycles. The van der Waals surface area contributed by atoms with Gasteiger partial charge in [0.05, 0.1) is 4.90 Å². The Morgan fingerprint density at radius 1 is 1.32 bits per heavy atom. The molecular formula is C14H22N2O2S. The highest BCUT2D eigenvalue weighted by molar-refractivity contribution is 7.89. The van der Waals surface area contributed by atoms with Crippen molar-refractivity contribution in [2.24, 2.45) is 5.41 Å². The largest absolute Gasteiger partial charge is 0.316 e. The van der Waals surface area contributed by atoms with Crippen LogP contribution in [-0.4, -0.2) is 28.1 Å². The number of piperidine rings is 1. The Bertz CT molecular complexity index is 517. The molecule has 5 heteroatoms. The van der Waals surface area contributed by atoms with Crippen molar-refractivity contribution >= 4 is 10.0 Å². The topological polar surface area (TPSA) is 58.2 Å². The van der Waals surface area contributed by atoms with E-state index in [4.69, 9.17) is 0 Å². The van der Waals surface area contributed by atoms with Crippen molar-refractivity contribution in [3.05, 3.63) is 29.8 Å². The molecular weight excluding hydrogens is 260 g/mol. The summed E-state index contributed by atoms with van der Waals surface area (Å²) in [5.41, 5.74) is 1.07. The summed E-state index contributed by atoms with van der Waals surface area (Å²) in [7, 11) is -3.39. The van der Waals surface area contributed by atoms with Gasteiger partial charge in [-0.2, -0.15) is 0 Å². The first-order chi connectivity index (χ1) is 8.91. The lowest BCUT2D eigenvalue weighted by Gasteiger charge is -2.34. The van der Waals surface area contributed by atoms with Gasteiger partial charge < -0.3 is 5.32 Å². The maximum Gasteiger partial charge on any atom is 0.240 e. The minimum absolute atomic E-state index is 0.00994. The van der Waals surface area contributed by atoms with Crippen LogP contribution >= 0.6 is 0 Å². The summed E-state index contributed by atoms with van der Waals surface area (Å²) in [6, 6.07) is 6.94. The normalized spacial score (nSPS) is 24.3. The molecule has 1 fully saturated rings. The highest BCUT2D eigenvalue weighted by Crippen LogP contribution is 2.25. The molecule has 19 heavy (non-hydrogen) atoms. The van der Waals surface area contributed by atoms with Gasteiger partial charge in [0.2, 0.25) is 10.0 Å². The minimum Gasteiger partial charge on any atom is -0.316 e. The van der Waals surface area contributed by atoms with E-state index >= 15 is 0 Å². The van der Waals surface area contributed by atoms with Crippen LogP contribution in [0, 0.1) is 12.3 Å². The molecule has 0 bridgehead atoms. The average molecular weight is 282 g/mol. The maximum absolute atomic E-state index is 12.2. The van der Waals surface area contributed by atoms with Crippen LogP contribution in [0.15, 0.2) is 29.2 Å². The third-order valence-electron chi connectivity index (χ3n) is 3.71. The SMILES string of the molecule is Cc1ccc(S(=O)(=O)NCC2(C)CCCNC2)cc1. The Morgan fingerprint density at radius 2 is 2.00 bits per heavy atom. The molecule has 2 N–H and O–H groups in total. The van der Waals surface area contributed by atoms with Gasteiger partial charge in [0.1, 0.15) is 0 Å². The summed E-state index contributed by atoms with van der Waals surface area (Å²) in [5.74, 6) is 0. The zero-order valence-corrected chi connectivity index (χ0v) is 12.4. The molecule has 1 aromatic rings. The van der Waals surface area contributed by atoms with Gasteiger partial charge in [0.25, 0.3) is 0 Å². The molecule has 106 valence electrons. The lowest BCUT2D eigenvalue weighted by molar-refractivity contribution is 0.238. The molecule has 1 aliphatic heterocycles. The number of benzene rings is 1. The standard InChI is InChI=1S/C14H22N2O2S/c1-12-4-6-13(7-5-12)19(17,18)16-11-14(2)8-3-9-15-10-14/h4-7,15-16H,3,8-11H2,1-2H3. The van der Waals surface area contributed by atoms with Crippen molar-refractivity contribution < 1.29 is 8.42 Å². The van der Waals surface area contributed by atoms with E-state index in [2.05, 4.69) is 17.0 Å². The van der Waals surface area contributed by atoms with Crippen LogP contribution in [0.1, 0.15) is 25.3 Å². The summed E-state index contributed by atoms with van der Waals surface area (Å²) in [6.07, 6.45) is 2.15. The van der Waals surface area contributed by atoms with Crippen molar-refractivity contribution in [3.8, 4) is 0 Å². The van der Waals surface area contributed by atoms with Crippen molar-refractivity contribution in [3.63, 3.8) is 0 Å². The van der Waals surface area contributed by atoms with E-state index in [-0.39, 0.29) is 5.41 Å². The number of hydrogen-bond donors (Lipinski definition) is 2. The van der Waals surface area contributed by atoms with Gasteiger partial charge in [-0.1, -0.05) is 24.6 Å². The Balaban J connectivity index is 2.03. The second-order valence-corrected chi connectivity index (χ2v) is 7.50. The third kappa shape index (κ3) is 3.78. The van der Waals surface area contributed by atoms with Crippen molar-refractivity contribution in [1.82, 2.24) is 10.0 Å². The summed E-state index contributed by atoms with van der Waals surface area (Å²) in [4.78, 5) is 0.338. The molecule has 1 atom stereocenters. The van der Waals surface area contributed by atoms with Crippen LogP contribution in [0.25, 0.3) is 0 Å². The fraction of sp³-hybridized carbons (Fsp3) is 0.571. The summed E-state index contributed by atoms with van der Waals surface area (Å²) in [6.45, 7) is 6.44. The molecule has 0 aliphatic carbocycles. The van der Waals surface area contributed by atoms with E-state index in [1.165, 1.54) is 0 Å². The fourth-order valence-corrected chi connectivity index (χ4v) is 3.54. The number of nitrogens with one attached hydrogen (secondary N) is 2. The molecule has 0 radical (unpaired) electrons. The van der Waals surface area contributed by atoms with Gasteiger partial charge in [-0.05, 0) is 43.9 Å². The van der Waals surface area contributed by atoms with Crippen LogP contribution < -0.4 is 10.0 Å². The molecule has 1 unspecified atom stereocenters. The van der Waals surface area contributed by atoms with Gasteiger partial charge >= 0.3 is 0 Å². The second kappa shape index (κ2) is 5.61. The van der Waals surface area contributed by atoms with Crippen LogP contribution in [-0.2, 0) is 10.0 Å². The Labute approximate surface area is 115 Å². The highest BCUT2D eigenvalue weighted by atomic mass is 32.2. The second-order valence-electron chi connectivity index (χ2n) is 5.73. The Hall–Kier alpha value is -0.910. The average Bonchev–Trinajstić information content (AvgIpc) is 2.38.